The molecule has 22 heavy (non-hydrogen) atoms. The van der Waals surface area contributed by atoms with Gasteiger partial charge in [0.15, 0.2) is 11.5 Å². The number of ether oxygens (including phenoxy) is 2. The van der Waals surface area contributed by atoms with Gasteiger partial charge in [-0.1, -0.05) is 0 Å². The maximum Gasteiger partial charge on any atom is 0.174 e. The monoisotopic (exact) mass is 371 g/mol. The van der Waals surface area contributed by atoms with Crippen LogP contribution in [0.25, 0.3) is 0 Å². The molecule has 0 aromatic heterocycles. The van der Waals surface area contributed by atoms with Crippen LogP contribution in [0.15, 0.2) is 16.6 Å². The van der Waals surface area contributed by atoms with Gasteiger partial charge in [-0.25, -0.2) is 0 Å². The summed E-state index contributed by atoms with van der Waals surface area (Å²) in [6.07, 6.45) is 0. The summed E-state index contributed by atoms with van der Waals surface area (Å²) in [7, 11) is 1.66. The van der Waals surface area contributed by atoms with E-state index in [1.54, 1.807) is 7.11 Å². The lowest BCUT2D eigenvalue weighted by molar-refractivity contribution is 0.241. The Morgan fingerprint density at radius 3 is 2.77 bits per heavy atom. The molecule has 1 fully saturated rings. The number of benzene rings is 1. The Morgan fingerprint density at radius 2 is 2.09 bits per heavy atom. The lowest BCUT2D eigenvalue weighted by Crippen LogP contribution is -2.45. The van der Waals surface area contributed by atoms with E-state index in [0.29, 0.717) is 6.61 Å². The highest BCUT2D eigenvalue weighted by Gasteiger charge is 2.11. The summed E-state index contributed by atoms with van der Waals surface area (Å²) in [6, 6.07) is 4.13. The van der Waals surface area contributed by atoms with Gasteiger partial charge in [0.25, 0.3) is 0 Å². The topological polar surface area (TPSA) is 45.8 Å². The molecule has 0 saturated carbocycles. The molecule has 1 saturated heterocycles. The fraction of sp³-hybridized carbons (Fsp3) is 0.625. The predicted molar refractivity (Wildman–Crippen MR) is 92.9 cm³/mol. The van der Waals surface area contributed by atoms with E-state index in [9.17, 15) is 0 Å². The largest absolute Gasteiger partial charge is 0.492 e. The number of nitrogens with zero attached hydrogens (tertiary/aromatic N) is 1. The Morgan fingerprint density at radius 1 is 1.32 bits per heavy atom. The molecule has 0 amide bonds. The van der Waals surface area contributed by atoms with E-state index >= 15 is 0 Å². The van der Waals surface area contributed by atoms with Crippen molar-refractivity contribution in [3.05, 3.63) is 22.2 Å². The quantitative estimate of drug-likeness (QED) is 0.682. The third-order valence-corrected chi connectivity index (χ3v) is 4.31. The van der Waals surface area contributed by atoms with E-state index in [2.05, 4.69) is 37.5 Å². The van der Waals surface area contributed by atoms with Gasteiger partial charge in [-0.2, -0.15) is 0 Å². The average molecular weight is 372 g/mol. The Balaban J connectivity index is 1.84. The van der Waals surface area contributed by atoms with Crippen molar-refractivity contribution in [3.8, 4) is 11.5 Å². The Bertz CT molecular complexity index is 465. The molecule has 1 aromatic rings. The molecule has 1 heterocycles. The molecule has 5 nitrogen and oxygen atoms in total. The molecule has 1 aliphatic heterocycles. The van der Waals surface area contributed by atoms with E-state index in [-0.39, 0.29) is 0 Å². The number of rotatable bonds is 8. The van der Waals surface area contributed by atoms with Crippen molar-refractivity contribution >= 4 is 15.9 Å². The van der Waals surface area contributed by atoms with Crippen molar-refractivity contribution in [1.29, 1.82) is 0 Å². The van der Waals surface area contributed by atoms with Gasteiger partial charge >= 0.3 is 0 Å². The van der Waals surface area contributed by atoms with Crippen LogP contribution in [-0.4, -0.2) is 57.9 Å². The smallest absolute Gasteiger partial charge is 0.174 e. The van der Waals surface area contributed by atoms with E-state index in [1.165, 1.54) is 5.56 Å². The van der Waals surface area contributed by atoms with Crippen LogP contribution in [0.4, 0.5) is 0 Å². The second-order valence-corrected chi connectivity index (χ2v) is 6.16. The van der Waals surface area contributed by atoms with Crippen molar-refractivity contribution in [2.75, 3.05) is 53.0 Å². The van der Waals surface area contributed by atoms with Gasteiger partial charge in [-0.05, 0) is 40.5 Å². The molecule has 0 radical (unpaired) electrons. The highest BCUT2D eigenvalue weighted by Crippen LogP contribution is 2.36. The fourth-order valence-corrected chi connectivity index (χ4v) is 3.24. The SMILES string of the molecule is CCOc1cc(CNCCN2CCNCC2)cc(Br)c1OC. The minimum Gasteiger partial charge on any atom is -0.492 e. The highest BCUT2D eigenvalue weighted by molar-refractivity contribution is 9.10. The number of hydrogen-bond donors (Lipinski definition) is 2. The molecule has 0 unspecified atom stereocenters. The number of halogens is 1. The zero-order chi connectivity index (χ0) is 15.8. The van der Waals surface area contributed by atoms with E-state index in [0.717, 1.165) is 61.8 Å². The maximum absolute atomic E-state index is 5.65. The standard InChI is InChI=1S/C16H26BrN3O2/c1-3-22-15-11-13(10-14(17)16(15)21-2)12-19-6-9-20-7-4-18-5-8-20/h10-11,18-19H,3-9,12H2,1-2H3. The normalized spacial score (nSPS) is 15.8. The van der Waals surface area contributed by atoms with Gasteiger partial charge < -0.3 is 20.1 Å². The van der Waals surface area contributed by atoms with Crippen LogP contribution in [0, 0.1) is 0 Å². The molecule has 124 valence electrons. The van der Waals surface area contributed by atoms with Gasteiger partial charge in [-0.15, -0.1) is 0 Å². The first-order valence-corrected chi connectivity index (χ1v) is 8.67. The van der Waals surface area contributed by atoms with Crippen molar-refractivity contribution in [1.82, 2.24) is 15.5 Å². The van der Waals surface area contributed by atoms with Crippen LogP contribution >= 0.6 is 15.9 Å². The minimum atomic E-state index is 0.628. The van der Waals surface area contributed by atoms with Crippen molar-refractivity contribution in [3.63, 3.8) is 0 Å². The van der Waals surface area contributed by atoms with Gasteiger partial charge in [0.05, 0.1) is 18.2 Å². The molecule has 0 spiro atoms. The molecule has 6 heteroatoms. The summed E-state index contributed by atoms with van der Waals surface area (Å²) in [6.45, 7) is 10.0. The Labute approximate surface area is 141 Å². The summed E-state index contributed by atoms with van der Waals surface area (Å²) in [5, 5.41) is 6.88. The van der Waals surface area contributed by atoms with Crippen LogP contribution in [-0.2, 0) is 6.54 Å². The summed E-state index contributed by atoms with van der Waals surface area (Å²) in [5.74, 6) is 1.55. The third kappa shape index (κ3) is 5.12. The van der Waals surface area contributed by atoms with Gasteiger partial charge in [-0.3, -0.25) is 4.90 Å². The number of hydrogen-bond acceptors (Lipinski definition) is 5. The lowest BCUT2D eigenvalue weighted by atomic mass is 10.2. The molecule has 2 N–H and O–H groups in total. The summed E-state index contributed by atoms with van der Waals surface area (Å²) in [4.78, 5) is 2.49. The van der Waals surface area contributed by atoms with E-state index < -0.39 is 0 Å². The van der Waals surface area contributed by atoms with Crippen LogP contribution in [0.5, 0.6) is 11.5 Å². The first kappa shape index (κ1) is 17.5. The van der Waals surface area contributed by atoms with Gasteiger partial charge in [0.2, 0.25) is 0 Å². The molecule has 2 rings (SSSR count). The fourth-order valence-electron chi connectivity index (χ4n) is 2.59. The molecular formula is C16H26BrN3O2. The second kappa shape index (κ2) is 9.35. The third-order valence-electron chi connectivity index (χ3n) is 3.72. The summed E-state index contributed by atoms with van der Waals surface area (Å²) in [5.41, 5.74) is 1.19. The molecule has 1 aromatic carbocycles. The molecule has 1 aliphatic rings. The van der Waals surface area contributed by atoms with Gasteiger partial charge in [0, 0.05) is 45.8 Å². The van der Waals surface area contributed by atoms with Crippen LogP contribution in [0.1, 0.15) is 12.5 Å². The van der Waals surface area contributed by atoms with E-state index in [4.69, 9.17) is 9.47 Å². The highest BCUT2D eigenvalue weighted by atomic mass is 79.9. The molecule has 0 aliphatic carbocycles. The molecule has 0 bridgehead atoms. The van der Waals surface area contributed by atoms with Crippen LogP contribution in [0.3, 0.4) is 0 Å². The summed E-state index contributed by atoms with van der Waals surface area (Å²) < 4.78 is 12.0. The Kier molecular flexibility index (Phi) is 7.45. The minimum absolute atomic E-state index is 0.628. The van der Waals surface area contributed by atoms with Crippen molar-refractivity contribution in [2.24, 2.45) is 0 Å². The van der Waals surface area contributed by atoms with Gasteiger partial charge in [0.1, 0.15) is 0 Å². The summed E-state index contributed by atoms with van der Waals surface area (Å²) >= 11 is 3.55. The Hall–Kier alpha value is -0.820. The van der Waals surface area contributed by atoms with Crippen molar-refractivity contribution in [2.45, 2.75) is 13.5 Å². The second-order valence-electron chi connectivity index (χ2n) is 5.31. The number of methoxy groups -OCH3 is 1. The lowest BCUT2D eigenvalue weighted by Gasteiger charge is -2.27. The zero-order valence-electron chi connectivity index (χ0n) is 13.5. The molecule has 0 atom stereocenters. The van der Waals surface area contributed by atoms with Crippen molar-refractivity contribution < 1.29 is 9.47 Å². The zero-order valence-corrected chi connectivity index (χ0v) is 15.0. The molecular weight excluding hydrogens is 346 g/mol. The van der Waals surface area contributed by atoms with Crippen LogP contribution in [0.2, 0.25) is 0 Å². The maximum atomic E-state index is 5.65. The number of nitrogens with one attached hydrogen (secondary N) is 2. The first-order chi connectivity index (χ1) is 10.7. The first-order valence-electron chi connectivity index (χ1n) is 7.87. The average Bonchev–Trinajstić information content (AvgIpc) is 2.53. The number of piperazine rings is 1. The van der Waals surface area contributed by atoms with Crippen LogP contribution < -0.4 is 20.1 Å². The van der Waals surface area contributed by atoms with E-state index in [1.807, 2.05) is 13.0 Å². The predicted octanol–water partition coefficient (Wildman–Crippen LogP) is 1.85.